The van der Waals surface area contributed by atoms with E-state index >= 15 is 0 Å². The maximum atomic E-state index is 4.11. The lowest BCUT2D eigenvalue weighted by atomic mass is 10.3. The quantitative estimate of drug-likeness (QED) is 0.642. The Labute approximate surface area is 80.5 Å². The molecule has 2 rings (SSSR count). The molecule has 0 aliphatic rings. The summed E-state index contributed by atoms with van der Waals surface area (Å²) in [4.78, 5) is 8.19. The first-order valence-corrected chi connectivity index (χ1v) is 4.09. The van der Waals surface area contributed by atoms with E-state index in [1.54, 1.807) is 19.3 Å². The lowest BCUT2D eigenvalue weighted by molar-refractivity contribution is 0.809. The third-order valence-electron chi connectivity index (χ3n) is 1.67. The second-order valence-electron chi connectivity index (χ2n) is 2.76. The predicted molar refractivity (Wildman–Crippen MR) is 48.1 cm³/mol. The van der Waals surface area contributed by atoms with Crippen molar-refractivity contribution in [2.75, 3.05) is 0 Å². The molecule has 14 heavy (non-hydrogen) atoms. The topological polar surface area (TPSA) is 77.3 Å². The molecular formula is C8H8N6. The molecule has 0 unspecified atom stereocenters. The van der Waals surface area contributed by atoms with Gasteiger partial charge >= 0.3 is 0 Å². The average Bonchev–Trinajstić information content (AvgIpc) is 2.20. The number of hydrogen-bond acceptors (Lipinski definition) is 6. The highest BCUT2D eigenvalue weighted by Gasteiger charge is 2.07. The summed E-state index contributed by atoms with van der Waals surface area (Å²) in [5.41, 5.74) is 1.38. The Hall–Kier alpha value is -1.98. The highest BCUT2D eigenvalue weighted by Crippen LogP contribution is 2.11. The molecule has 6 nitrogen and oxygen atoms in total. The summed E-state index contributed by atoms with van der Waals surface area (Å²) in [7, 11) is 0. The van der Waals surface area contributed by atoms with Crippen LogP contribution in [0.25, 0.3) is 11.5 Å². The number of aromatic nitrogens is 6. The fourth-order valence-corrected chi connectivity index (χ4v) is 1.00. The van der Waals surface area contributed by atoms with Crippen LogP contribution >= 0.6 is 0 Å². The zero-order valence-electron chi connectivity index (χ0n) is 7.84. The molecule has 6 heteroatoms. The first-order chi connectivity index (χ1) is 6.77. The van der Waals surface area contributed by atoms with Crippen LogP contribution in [-0.2, 0) is 0 Å². The normalized spacial score (nSPS) is 10.1. The van der Waals surface area contributed by atoms with Crippen LogP contribution in [0.3, 0.4) is 0 Å². The van der Waals surface area contributed by atoms with Crippen molar-refractivity contribution in [1.82, 2.24) is 30.4 Å². The van der Waals surface area contributed by atoms with Crippen LogP contribution in [0.15, 0.2) is 12.4 Å². The van der Waals surface area contributed by atoms with Crippen molar-refractivity contribution in [3.63, 3.8) is 0 Å². The Morgan fingerprint density at radius 3 is 2.14 bits per heavy atom. The van der Waals surface area contributed by atoms with E-state index in [0.29, 0.717) is 17.3 Å². The van der Waals surface area contributed by atoms with E-state index in [2.05, 4.69) is 30.4 Å². The van der Waals surface area contributed by atoms with Gasteiger partial charge in [0.1, 0.15) is 5.69 Å². The van der Waals surface area contributed by atoms with E-state index in [0.717, 1.165) is 5.69 Å². The van der Waals surface area contributed by atoms with Crippen LogP contribution in [0, 0.1) is 13.8 Å². The van der Waals surface area contributed by atoms with Gasteiger partial charge < -0.3 is 0 Å². The van der Waals surface area contributed by atoms with E-state index in [1.807, 2.05) is 6.92 Å². The number of rotatable bonds is 1. The van der Waals surface area contributed by atoms with Gasteiger partial charge in [0, 0.05) is 12.4 Å². The fraction of sp³-hybridized carbons (Fsp3) is 0.250. The molecule has 2 heterocycles. The molecule has 0 bridgehead atoms. The third-order valence-corrected chi connectivity index (χ3v) is 1.67. The minimum atomic E-state index is 0.404. The van der Waals surface area contributed by atoms with Crippen LogP contribution in [-0.4, -0.2) is 30.4 Å². The first kappa shape index (κ1) is 8.61. The Morgan fingerprint density at radius 1 is 0.857 bits per heavy atom. The van der Waals surface area contributed by atoms with Crippen molar-refractivity contribution in [3.05, 3.63) is 23.9 Å². The highest BCUT2D eigenvalue weighted by atomic mass is 15.3. The molecule has 2 aromatic heterocycles. The van der Waals surface area contributed by atoms with Gasteiger partial charge in [-0.3, -0.25) is 4.98 Å². The number of aryl methyl sites for hydroxylation is 2. The molecule has 0 atom stereocenters. The molecule has 70 valence electrons. The Morgan fingerprint density at radius 2 is 1.50 bits per heavy atom. The van der Waals surface area contributed by atoms with Gasteiger partial charge in [-0.15, -0.1) is 20.4 Å². The van der Waals surface area contributed by atoms with Crippen LogP contribution in [0.5, 0.6) is 0 Å². The molecule has 0 aliphatic carbocycles. The summed E-state index contributed by atoms with van der Waals surface area (Å²) in [5, 5.41) is 15.4. The smallest absolute Gasteiger partial charge is 0.223 e. The van der Waals surface area contributed by atoms with Crippen molar-refractivity contribution in [1.29, 1.82) is 0 Å². The molecule has 0 spiro atoms. The molecule has 0 saturated heterocycles. The molecule has 0 radical (unpaired) electrons. The molecule has 2 aromatic rings. The minimum absolute atomic E-state index is 0.404. The van der Waals surface area contributed by atoms with Crippen molar-refractivity contribution >= 4 is 0 Å². The van der Waals surface area contributed by atoms with E-state index in [4.69, 9.17) is 0 Å². The molecule has 0 fully saturated rings. The van der Waals surface area contributed by atoms with Gasteiger partial charge in [-0.25, -0.2) is 4.98 Å². The van der Waals surface area contributed by atoms with Crippen LogP contribution in [0.1, 0.15) is 11.5 Å². The van der Waals surface area contributed by atoms with Crippen molar-refractivity contribution in [2.24, 2.45) is 0 Å². The van der Waals surface area contributed by atoms with E-state index in [1.165, 1.54) is 0 Å². The summed E-state index contributed by atoms with van der Waals surface area (Å²) in [6, 6.07) is 0. The second-order valence-corrected chi connectivity index (χ2v) is 2.76. The SMILES string of the molecule is Cc1nnc(-c2nccnc2C)nn1. The zero-order valence-corrected chi connectivity index (χ0v) is 7.84. The molecule has 0 N–H and O–H groups in total. The Bertz CT molecular complexity index is 438. The second kappa shape index (κ2) is 3.41. The number of nitrogens with zero attached hydrogens (tertiary/aromatic N) is 6. The van der Waals surface area contributed by atoms with Crippen molar-refractivity contribution < 1.29 is 0 Å². The van der Waals surface area contributed by atoms with Gasteiger partial charge in [-0.2, -0.15) is 0 Å². The Kier molecular flexibility index (Phi) is 2.10. The lowest BCUT2D eigenvalue weighted by Crippen LogP contribution is -2.01. The first-order valence-electron chi connectivity index (χ1n) is 4.09. The maximum Gasteiger partial charge on any atom is 0.223 e. The summed E-state index contributed by atoms with van der Waals surface area (Å²) in [6.45, 7) is 3.57. The minimum Gasteiger partial charge on any atom is -0.258 e. The molecule has 0 saturated carbocycles. The zero-order chi connectivity index (χ0) is 9.97. The van der Waals surface area contributed by atoms with Gasteiger partial charge in [0.2, 0.25) is 5.82 Å². The average molecular weight is 188 g/mol. The van der Waals surface area contributed by atoms with E-state index < -0.39 is 0 Å². The van der Waals surface area contributed by atoms with Crippen LogP contribution in [0.4, 0.5) is 0 Å². The number of hydrogen-bond donors (Lipinski definition) is 0. The molecule has 0 aliphatic heterocycles. The van der Waals surface area contributed by atoms with Crippen molar-refractivity contribution in [2.45, 2.75) is 13.8 Å². The molecular weight excluding hydrogens is 180 g/mol. The van der Waals surface area contributed by atoms with E-state index in [-0.39, 0.29) is 0 Å². The van der Waals surface area contributed by atoms with E-state index in [9.17, 15) is 0 Å². The summed E-state index contributed by atoms with van der Waals surface area (Å²) in [6.07, 6.45) is 3.21. The molecule has 0 amide bonds. The van der Waals surface area contributed by atoms with Gasteiger partial charge in [0.15, 0.2) is 5.82 Å². The largest absolute Gasteiger partial charge is 0.258 e. The lowest BCUT2D eigenvalue weighted by Gasteiger charge is -1.99. The summed E-state index contributed by atoms with van der Waals surface area (Å²) >= 11 is 0. The maximum absolute atomic E-state index is 4.11. The summed E-state index contributed by atoms with van der Waals surface area (Å²) in [5.74, 6) is 0.941. The predicted octanol–water partition coefficient (Wildman–Crippen LogP) is 0.340. The van der Waals surface area contributed by atoms with Crippen LogP contribution in [0.2, 0.25) is 0 Å². The fourth-order valence-electron chi connectivity index (χ4n) is 1.00. The van der Waals surface area contributed by atoms with Crippen LogP contribution < -0.4 is 0 Å². The summed E-state index contributed by atoms with van der Waals surface area (Å²) < 4.78 is 0. The van der Waals surface area contributed by atoms with Gasteiger partial charge in [-0.05, 0) is 13.8 Å². The standard InChI is InChI=1S/C8H8N6/c1-5-7(10-4-3-9-5)8-13-11-6(2)12-14-8/h3-4H,1-2H3. The van der Waals surface area contributed by atoms with Gasteiger partial charge in [0.25, 0.3) is 0 Å². The Balaban J connectivity index is 2.50. The highest BCUT2D eigenvalue weighted by molar-refractivity contribution is 5.49. The molecule has 0 aromatic carbocycles. The monoisotopic (exact) mass is 188 g/mol. The van der Waals surface area contributed by atoms with Crippen molar-refractivity contribution in [3.8, 4) is 11.5 Å². The van der Waals surface area contributed by atoms with Gasteiger partial charge in [-0.1, -0.05) is 0 Å². The van der Waals surface area contributed by atoms with Gasteiger partial charge in [0.05, 0.1) is 5.69 Å². The third kappa shape index (κ3) is 1.54.